The molecule has 0 bridgehead atoms. The van der Waals surface area contributed by atoms with Gasteiger partial charge in [0, 0.05) is 17.5 Å². The number of aromatic nitrogens is 1. The molecule has 1 aromatic heterocycles. The van der Waals surface area contributed by atoms with Crippen molar-refractivity contribution in [3.8, 4) is 0 Å². The van der Waals surface area contributed by atoms with Gasteiger partial charge in [-0.1, -0.05) is 18.2 Å². The number of para-hydroxylation sites is 1. The van der Waals surface area contributed by atoms with Gasteiger partial charge in [-0.2, -0.15) is 0 Å². The van der Waals surface area contributed by atoms with Gasteiger partial charge >= 0.3 is 6.09 Å². The molecule has 0 spiro atoms. The maximum atomic E-state index is 12.4. The zero-order chi connectivity index (χ0) is 14.9. The van der Waals surface area contributed by atoms with Gasteiger partial charge in [0.15, 0.2) is 0 Å². The van der Waals surface area contributed by atoms with Crippen molar-refractivity contribution < 1.29 is 14.3 Å². The Bertz CT molecular complexity index is 662. The van der Waals surface area contributed by atoms with Crippen LogP contribution in [0.3, 0.4) is 0 Å². The molecule has 0 aliphatic rings. The summed E-state index contributed by atoms with van der Waals surface area (Å²) < 4.78 is 6.98. The molecule has 0 amide bonds. The van der Waals surface area contributed by atoms with Gasteiger partial charge < -0.3 is 9.53 Å². The number of rotatable bonds is 2. The van der Waals surface area contributed by atoms with Crippen LogP contribution in [0.5, 0.6) is 0 Å². The summed E-state index contributed by atoms with van der Waals surface area (Å²) >= 11 is 0. The largest absolute Gasteiger partial charge is 0.443 e. The van der Waals surface area contributed by atoms with Crippen LogP contribution >= 0.6 is 0 Å². The molecule has 0 aliphatic heterocycles. The molecule has 0 fully saturated rings. The fourth-order valence-electron chi connectivity index (χ4n) is 2.32. The van der Waals surface area contributed by atoms with E-state index in [1.807, 2.05) is 52.0 Å². The first-order valence-electron chi connectivity index (χ1n) is 6.61. The quantitative estimate of drug-likeness (QED) is 0.787. The first-order valence-corrected chi connectivity index (χ1v) is 6.61. The minimum absolute atomic E-state index is 0.294. The van der Waals surface area contributed by atoms with E-state index in [1.165, 1.54) is 0 Å². The number of hydrogen-bond donors (Lipinski definition) is 0. The van der Waals surface area contributed by atoms with Crippen LogP contribution in [0.25, 0.3) is 10.9 Å². The standard InChI is InChI=1S/C16H19NO3/c1-11-12(9-10-18)13-7-5-6-8-14(13)17(11)15(19)20-16(2,3)4/h5-8,10H,9H2,1-4H3. The maximum Gasteiger partial charge on any atom is 0.419 e. The van der Waals surface area contributed by atoms with Crippen molar-refractivity contribution in [1.29, 1.82) is 0 Å². The lowest BCUT2D eigenvalue weighted by Crippen LogP contribution is -2.27. The lowest BCUT2D eigenvalue weighted by atomic mass is 10.1. The van der Waals surface area contributed by atoms with Gasteiger partial charge in [0.2, 0.25) is 0 Å². The third kappa shape index (κ3) is 2.59. The van der Waals surface area contributed by atoms with Crippen LogP contribution in [-0.4, -0.2) is 22.5 Å². The van der Waals surface area contributed by atoms with Crippen LogP contribution in [0, 0.1) is 6.92 Å². The number of hydrogen-bond acceptors (Lipinski definition) is 3. The summed E-state index contributed by atoms with van der Waals surface area (Å²) in [6.45, 7) is 7.33. The molecule has 1 aromatic carbocycles. The van der Waals surface area contributed by atoms with E-state index in [0.717, 1.165) is 28.4 Å². The van der Waals surface area contributed by atoms with Crippen LogP contribution in [-0.2, 0) is 16.0 Å². The molecular weight excluding hydrogens is 254 g/mol. The molecule has 1 heterocycles. The number of fused-ring (bicyclic) bond motifs is 1. The van der Waals surface area contributed by atoms with Crippen LogP contribution in [0.15, 0.2) is 24.3 Å². The van der Waals surface area contributed by atoms with Gasteiger partial charge in [-0.05, 0) is 39.3 Å². The Balaban J connectivity index is 2.61. The van der Waals surface area contributed by atoms with Crippen molar-refractivity contribution in [3.63, 3.8) is 0 Å². The molecule has 2 rings (SSSR count). The summed E-state index contributed by atoms with van der Waals surface area (Å²) in [6, 6.07) is 7.55. The van der Waals surface area contributed by atoms with Gasteiger partial charge in [0.1, 0.15) is 11.9 Å². The lowest BCUT2D eigenvalue weighted by Gasteiger charge is -2.20. The average molecular weight is 273 g/mol. The Kier molecular flexibility index (Phi) is 3.66. The molecule has 20 heavy (non-hydrogen) atoms. The minimum Gasteiger partial charge on any atom is -0.443 e. The normalized spacial score (nSPS) is 11.6. The van der Waals surface area contributed by atoms with Crippen LogP contribution in [0.1, 0.15) is 32.0 Å². The first kappa shape index (κ1) is 14.3. The second-order valence-corrected chi connectivity index (χ2v) is 5.77. The summed E-state index contributed by atoms with van der Waals surface area (Å²) in [6.07, 6.45) is 0.736. The van der Waals surface area contributed by atoms with Crippen molar-refractivity contribution in [2.75, 3.05) is 0 Å². The Morgan fingerprint density at radius 3 is 2.55 bits per heavy atom. The van der Waals surface area contributed by atoms with Gasteiger partial charge in [-0.25, -0.2) is 9.36 Å². The molecule has 0 saturated carbocycles. The molecule has 0 aliphatic carbocycles. The fourth-order valence-corrected chi connectivity index (χ4v) is 2.32. The van der Waals surface area contributed by atoms with Crippen molar-refractivity contribution in [1.82, 2.24) is 4.57 Å². The summed E-state index contributed by atoms with van der Waals surface area (Å²) in [7, 11) is 0. The highest BCUT2D eigenvalue weighted by molar-refractivity contribution is 5.94. The van der Waals surface area contributed by atoms with E-state index in [1.54, 1.807) is 4.57 Å². The molecule has 0 saturated heterocycles. The minimum atomic E-state index is -0.556. The second-order valence-electron chi connectivity index (χ2n) is 5.77. The van der Waals surface area contributed by atoms with Crippen molar-refractivity contribution in [2.24, 2.45) is 0 Å². The Hall–Kier alpha value is -2.10. The molecule has 4 heteroatoms. The van der Waals surface area contributed by atoms with Crippen molar-refractivity contribution >= 4 is 23.3 Å². The number of nitrogens with zero attached hydrogens (tertiary/aromatic N) is 1. The monoisotopic (exact) mass is 273 g/mol. The molecule has 0 N–H and O–H groups in total. The first-order chi connectivity index (χ1) is 9.35. The van der Waals surface area contributed by atoms with E-state index in [2.05, 4.69) is 0 Å². The highest BCUT2D eigenvalue weighted by Gasteiger charge is 2.23. The van der Waals surface area contributed by atoms with E-state index in [0.29, 0.717) is 6.42 Å². The topological polar surface area (TPSA) is 48.3 Å². The number of carbonyl (C=O) groups excluding carboxylic acids is 2. The second kappa shape index (κ2) is 5.12. The third-order valence-corrected chi connectivity index (χ3v) is 3.11. The van der Waals surface area contributed by atoms with E-state index in [4.69, 9.17) is 4.74 Å². The zero-order valence-electron chi connectivity index (χ0n) is 12.3. The fraction of sp³-hybridized carbons (Fsp3) is 0.375. The molecule has 106 valence electrons. The predicted octanol–water partition coefficient (Wildman–Crippen LogP) is 3.47. The van der Waals surface area contributed by atoms with Crippen LogP contribution in [0.4, 0.5) is 4.79 Å². The van der Waals surface area contributed by atoms with E-state index in [-0.39, 0.29) is 0 Å². The number of aldehydes is 1. The summed E-state index contributed by atoms with van der Waals surface area (Å²) in [5.74, 6) is 0. The SMILES string of the molecule is Cc1c(CC=O)c2ccccc2n1C(=O)OC(C)(C)C. The van der Waals surface area contributed by atoms with Crippen molar-refractivity contribution in [3.05, 3.63) is 35.5 Å². The lowest BCUT2D eigenvalue weighted by molar-refractivity contribution is -0.107. The molecular formula is C16H19NO3. The smallest absolute Gasteiger partial charge is 0.419 e. The Morgan fingerprint density at radius 2 is 1.95 bits per heavy atom. The summed E-state index contributed by atoms with van der Waals surface area (Å²) in [5.41, 5.74) is 1.85. The van der Waals surface area contributed by atoms with Crippen LogP contribution < -0.4 is 0 Å². The van der Waals surface area contributed by atoms with E-state index in [9.17, 15) is 9.59 Å². The van der Waals surface area contributed by atoms with Gasteiger partial charge in [-0.3, -0.25) is 0 Å². The Labute approximate surface area is 118 Å². The van der Waals surface area contributed by atoms with Gasteiger partial charge in [-0.15, -0.1) is 0 Å². The number of carbonyl (C=O) groups is 2. The summed E-state index contributed by atoms with van der Waals surface area (Å²) in [4.78, 5) is 23.2. The molecule has 0 unspecified atom stereocenters. The zero-order valence-corrected chi connectivity index (χ0v) is 12.3. The van der Waals surface area contributed by atoms with Gasteiger partial charge in [0.25, 0.3) is 0 Å². The molecule has 2 aromatic rings. The molecule has 4 nitrogen and oxygen atoms in total. The Morgan fingerprint density at radius 1 is 1.30 bits per heavy atom. The molecule has 0 atom stereocenters. The van der Waals surface area contributed by atoms with Crippen LogP contribution in [0.2, 0.25) is 0 Å². The number of benzene rings is 1. The average Bonchev–Trinajstić information content (AvgIpc) is 2.61. The molecule has 0 radical (unpaired) electrons. The maximum absolute atomic E-state index is 12.4. The number of ether oxygens (including phenoxy) is 1. The summed E-state index contributed by atoms with van der Waals surface area (Å²) in [5, 5.41) is 0.919. The predicted molar refractivity (Wildman–Crippen MR) is 78.1 cm³/mol. The van der Waals surface area contributed by atoms with E-state index < -0.39 is 11.7 Å². The third-order valence-electron chi connectivity index (χ3n) is 3.11. The van der Waals surface area contributed by atoms with Crippen molar-refractivity contribution in [2.45, 2.75) is 39.7 Å². The highest BCUT2D eigenvalue weighted by Crippen LogP contribution is 2.27. The highest BCUT2D eigenvalue weighted by atomic mass is 16.6. The van der Waals surface area contributed by atoms with E-state index >= 15 is 0 Å². The van der Waals surface area contributed by atoms with Gasteiger partial charge in [0.05, 0.1) is 5.52 Å².